The molecule has 1 aliphatic heterocycles. The molecule has 0 spiro atoms. The molecule has 0 bridgehead atoms. The fourth-order valence-corrected chi connectivity index (χ4v) is 5.05. The average molecular weight is 467 g/mol. The van der Waals surface area contributed by atoms with E-state index in [1.54, 1.807) is 24.3 Å². The zero-order chi connectivity index (χ0) is 22.6. The molecule has 8 nitrogen and oxygen atoms in total. The number of nitrogens with zero attached hydrogens (tertiary/aromatic N) is 1. The molecule has 0 aliphatic carbocycles. The van der Waals surface area contributed by atoms with Gasteiger partial charge in [0.15, 0.2) is 6.10 Å². The maximum absolute atomic E-state index is 13.0. The van der Waals surface area contributed by atoms with Crippen LogP contribution in [0, 0.1) is 0 Å². The fourth-order valence-electron chi connectivity index (χ4n) is 3.17. The maximum atomic E-state index is 13.0. The van der Waals surface area contributed by atoms with Gasteiger partial charge in [0, 0.05) is 23.8 Å². The van der Waals surface area contributed by atoms with Gasteiger partial charge in [0.2, 0.25) is 10.0 Å². The normalized spacial score (nSPS) is 15.3. The number of carbonyl (C=O) groups excluding carboxylic acids is 2. The molecule has 0 saturated carbocycles. The van der Waals surface area contributed by atoms with E-state index in [9.17, 15) is 18.0 Å². The van der Waals surface area contributed by atoms with Gasteiger partial charge in [-0.05, 0) is 56.2 Å². The zero-order valence-corrected chi connectivity index (χ0v) is 18.7. The number of anilines is 1. The minimum Gasteiger partial charge on any atom is -0.495 e. The molecule has 1 heterocycles. The Labute approximate surface area is 186 Å². The number of halogens is 1. The predicted octanol–water partition coefficient (Wildman–Crippen LogP) is 3.32. The second kappa shape index (κ2) is 9.67. The topological polar surface area (TPSA) is 102 Å². The minimum atomic E-state index is -3.82. The van der Waals surface area contributed by atoms with Gasteiger partial charge in [0.05, 0.1) is 12.7 Å². The summed E-state index contributed by atoms with van der Waals surface area (Å²) in [4.78, 5) is 24.8. The Bertz CT molecular complexity index is 1080. The van der Waals surface area contributed by atoms with Gasteiger partial charge in [-0.15, -0.1) is 0 Å². The number of hydrogen-bond acceptors (Lipinski definition) is 6. The van der Waals surface area contributed by atoms with Gasteiger partial charge in [-0.25, -0.2) is 13.2 Å². The lowest BCUT2D eigenvalue weighted by molar-refractivity contribution is -0.123. The van der Waals surface area contributed by atoms with Gasteiger partial charge in [-0.1, -0.05) is 17.7 Å². The molecule has 0 unspecified atom stereocenters. The van der Waals surface area contributed by atoms with Gasteiger partial charge in [0.25, 0.3) is 5.91 Å². The van der Waals surface area contributed by atoms with Gasteiger partial charge in [0.1, 0.15) is 10.6 Å². The number of amides is 1. The SMILES string of the molecule is COc1ccc(C(=O)O[C@@H](C)C(=O)Nc2cccc(Cl)c2)cc1S(=O)(=O)N1CCCC1. The number of esters is 1. The third-order valence-electron chi connectivity index (χ3n) is 4.83. The van der Waals surface area contributed by atoms with Crippen LogP contribution in [0.5, 0.6) is 5.75 Å². The highest BCUT2D eigenvalue weighted by Gasteiger charge is 2.31. The molecule has 1 amide bonds. The van der Waals surface area contributed by atoms with Crippen LogP contribution in [-0.4, -0.2) is 50.9 Å². The monoisotopic (exact) mass is 466 g/mol. The molecule has 1 aliphatic rings. The lowest BCUT2D eigenvalue weighted by Crippen LogP contribution is -2.30. The van der Waals surface area contributed by atoms with Gasteiger partial charge < -0.3 is 14.8 Å². The van der Waals surface area contributed by atoms with E-state index in [4.69, 9.17) is 21.1 Å². The molecule has 10 heteroatoms. The summed E-state index contributed by atoms with van der Waals surface area (Å²) in [5.74, 6) is -1.24. The van der Waals surface area contributed by atoms with E-state index in [-0.39, 0.29) is 16.2 Å². The molecule has 0 radical (unpaired) electrons. The largest absolute Gasteiger partial charge is 0.495 e. The van der Waals surface area contributed by atoms with Crippen molar-refractivity contribution in [3.8, 4) is 5.75 Å². The summed E-state index contributed by atoms with van der Waals surface area (Å²) in [6.45, 7) is 2.25. The molecule has 2 aromatic carbocycles. The number of methoxy groups -OCH3 is 1. The van der Waals surface area contributed by atoms with Crippen LogP contribution in [0.15, 0.2) is 47.4 Å². The summed E-state index contributed by atoms with van der Waals surface area (Å²) in [7, 11) is -2.46. The quantitative estimate of drug-likeness (QED) is 0.628. The molecule has 2 aromatic rings. The van der Waals surface area contributed by atoms with Crippen LogP contribution in [0.3, 0.4) is 0 Å². The molecule has 166 valence electrons. The number of ether oxygens (including phenoxy) is 2. The number of nitrogens with one attached hydrogen (secondary N) is 1. The second-order valence-electron chi connectivity index (χ2n) is 7.02. The van der Waals surface area contributed by atoms with Crippen LogP contribution in [0.4, 0.5) is 5.69 Å². The van der Waals surface area contributed by atoms with Gasteiger partial charge >= 0.3 is 5.97 Å². The van der Waals surface area contributed by atoms with Crippen LogP contribution in [0.25, 0.3) is 0 Å². The van der Waals surface area contributed by atoms with E-state index in [0.29, 0.717) is 23.8 Å². The minimum absolute atomic E-state index is 0.000905. The molecule has 1 saturated heterocycles. The Morgan fingerprint density at radius 1 is 1.13 bits per heavy atom. The summed E-state index contributed by atoms with van der Waals surface area (Å²) in [5, 5.41) is 3.06. The van der Waals surface area contributed by atoms with Crippen molar-refractivity contribution in [3.05, 3.63) is 53.1 Å². The van der Waals surface area contributed by atoms with E-state index in [1.165, 1.54) is 36.5 Å². The Hall–Kier alpha value is -2.62. The summed E-state index contributed by atoms with van der Waals surface area (Å²) < 4.78 is 37.7. The van der Waals surface area contributed by atoms with Crippen molar-refractivity contribution >= 4 is 39.2 Å². The van der Waals surface area contributed by atoms with Crippen molar-refractivity contribution in [1.82, 2.24) is 4.31 Å². The van der Waals surface area contributed by atoms with Crippen LogP contribution < -0.4 is 10.1 Å². The molecular weight excluding hydrogens is 444 g/mol. The van der Waals surface area contributed by atoms with E-state index < -0.39 is 28.0 Å². The summed E-state index contributed by atoms with van der Waals surface area (Å²) in [6.07, 6.45) is 0.442. The number of sulfonamides is 1. The van der Waals surface area contributed by atoms with Crippen molar-refractivity contribution in [1.29, 1.82) is 0 Å². The predicted molar refractivity (Wildman–Crippen MR) is 116 cm³/mol. The van der Waals surface area contributed by atoms with Crippen LogP contribution >= 0.6 is 11.6 Å². The molecule has 0 aromatic heterocycles. The van der Waals surface area contributed by atoms with E-state index in [0.717, 1.165) is 12.8 Å². The van der Waals surface area contributed by atoms with Crippen LogP contribution in [-0.2, 0) is 19.6 Å². The molecular formula is C21H23ClN2O6S. The van der Waals surface area contributed by atoms with E-state index in [1.807, 2.05) is 0 Å². The highest BCUT2D eigenvalue weighted by molar-refractivity contribution is 7.89. The second-order valence-corrected chi connectivity index (χ2v) is 9.37. The zero-order valence-electron chi connectivity index (χ0n) is 17.1. The number of carbonyl (C=O) groups is 2. The first-order chi connectivity index (χ1) is 14.7. The summed E-state index contributed by atoms with van der Waals surface area (Å²) in [5.41, 5.74) is 0.463. The van der Waals surface area contributed by atoms with Crippen molar-refractivity contribution in [2.45, 2.75) is 30.8 Å². The Kier molecular flexibility index (Phi) is 7.19. The van der Waals surface area contributed by atoms with Crippen molar-refractivity contribution in [3.63, 3.8) is 0 Å². The van der Waals surface area contributed by atoms with E-state index >= 15 is 0 Å². The molecule has 1 N–H and O–H groups in total. The summed E-state index contributed by atoms with van der Waals surface area (Å²) in [6, 6.07) is 10.6. The lowest BCUT2D eigenvalue weighted by Gasteiger charge is -2.18. The maximum Gasteiger partial charge on any atom is 0.338 e. The average Bonchev–Trinajstić information content (AvgIpc) is 3.29. The third-order valence-corrected chi connectivity index (χ3v) is 6.98. The van der Waals surface area contributed by atoms with E-state index in [2.05, 4.69) is 5.32 Å². The lowest BCUT2D eigenvalue weighted by atomic mass is 10.2. The standard InChI is InChI=1S/C21H23ClN2O6S/c1-14(20(25)23-17-7-5-6-16(22)13-17)30-21(26)15-8-9-18(29-2)19(12-15)31(27,28)24-10-3-4-11-24/h5-9,12-14H,3-4,10-11H2,1-2H3,(H,23,25)/t14-/m0/s1. The summed E-state index contributed by atoms with van der Waals surface area (Å²) >= 11 is 5.90. The first kappa shape index (κ1) is 23.1. The number of benzene rings is 2. The number of rotatable bonds is 7. The van der Waals surface area contributed by atoms with Crippen LogP contribution in [0.1, 0.15) is 30.1 Å². The fraction of sp³-hybridized carbons (Fsp3) is 0.333. The first-order valence-electron chi connectivity index (χ1n) is 9.68. The third kappa shape index (κ3) is 5.36. The smallest absolute Gasteiger partial charge is 0.338 e. The van der Waals surface area contributed by atoms with Crippen molar-refractivity contribution in [2.75, 3.05) is 25.5 Å². The number of hydrogen-bond donors (Lipinski definition) is 1. The Balaban J connectivity index is 1.76. The van der Waals surface area contributed by atoms with Crippen molar-refractivity contribution in [2.24, 2.45) is 0 Å². The van der Waals surface area contributed by atoms with Crippen LogP contribution in [0.2, 0.25) is 5.02 Å². The molecule has 3 rings (SSSR count). The molecule has 1 atom stereocenters. The highest BCUT2D eigenvalue weighted by atomic mass is 35.5. The van der Waals surface area contributed by atoms with Gasteiger partial charge in [-0.3, -0.25) is 4.79 Å². The van der Waals surface area contributed by atoms with Crippen molar-refractivity contribution < 1.29 is 27.5 Å². The molecule has 31 heavy (non-hydrogen) atoms. The molecule has 1 fully saturated rings. The Morgan fingerprint density at radius 2 is 1.84 bits per heavy atom. The highest BCUT2D eigenvalue weighted by Crippen LogP contribution is 2.30. The van der Waals surface area contributed by atoms with Gasteiger partial charge in [-0.2, -0.15) is 4.31 Å². The Morgan fingerprint density at radius 3 is 2.48 bits per heavy atom. The first-order valence-corrected chi connectivity index (χ1v) is 11.5.